The fourth-order valence-electron chi connectivity index (χ4n) is 3.94. The summed E-state index contributed by atoms with van der Waals surface area (Å²) in [5.41, 5.74) is 6.64. The van der Waals surface area contributed by atoms with E-state index in [1.54, 1.807) is 7.11 Å². The van der Waals surface area contributed by atoms with Crippen molar-refractivity contribution in [1.82, 2.24) is 10.2 Å². The Balaban J connectivity index is 1.74. The second kappa shape index (κ2) is 8.84. The Labute approximate surface area is 156 Å². The molecule has 2 fully saturated rings. The third kappa shape index (κ3) is 4.37. The van der Waals surface area contributed by atoms with E-state index in [0.29, 0.717) is 32.6 Å². The molecule has 144 valence electrons. The van der Waals surface area contributed by atoms with E-state index < -0.39 is 5.54 Å². The standard InChI is InChI=1S/C20H31N3O3/c1-25-18-8-4-3-7-16(18)17(23-11-5-2-6-12-23)15-22-19(24)20(21)9-13-26-14-10-20/h3-4,7-8,17H,2,5-6,9-15,21H2,1H3,(H,22,24). The first kappa shape index (κ1) is 19.1. The molecule has 2 aliphatic rings. The minimum absolute atomic E-state index is 0.0716. The zero-order valence-electron chi connectivity index (χ0n) is 15.7. The average molecular weight is 361 g/mol. The summed E-state index contributed by atoms with van der Waals surface area (Å²) in [4.78, 5) is 15.2. The van der Waals surface area contributed by atoms with Crippen molar-refractivity contribution in [3.05, 3.63) is 29.8 Å². The molecule has 1 aromatic rings. The van der Waals surface area contributed by atoms with Crippen LogP contribution in [-0.2, 0) is 9.53 Å². The molecule has 0 aromatic heterocycles. The van der Waals surface area contributed by atoms with E-state index in [0.717, 1.165) is 24.4 Å². The van der Waals surface area contributed by atoms with Crippen LogP contribution in [-0.4, -0.2) is 56.3 Å². The number of likely N-dealkylation sites (tertiary alicyclic amines) is 1. The van der Waals surface area contributed by atoms with Gasteiger partial charge in [0, 0.05) is 25.3 Å². The number of benzene rings is 1. The number of piperidine rings is 1. The Morgan fingerprint density at radius 2 is 1.96 bits per heavy atom. The monoisotopic (exact) mass is 361 g/mol. The number of methoxy groups -OCH3 is 1. The molecule has 2 saturated heterocycles. The molecule has 0 radical (unpaired) electrons. The highest BCUT2D eigenvalue weighted by Crippen LogP contribution is 2.31. The van der Waals surface area contributed by atoms with Gasteiger partial charge in [-0.15, -0.1) is 0 Å². The molecule has 2 aliphatic heterocycles. The zero-order chi connectivity index (χ0) is 18.4. The summed E-state index contributed by atoms with van der Waals surface area (Å²) in [7, 11) is 1.70. The molecule has 3 N–H and O–H groups in total. The van der Waals surface area contributed by atoms with Gasteiger partial charge in [-0.05, 0) is 44.8 Å². The topological polar surface area (TPSA) is 76.8 Å². The largest absolute Gasteiger partial charge is 0.496 e. The maximum Gasteiger partial charge on any atom is 0.240 e. The van der Waals surface area contributed by atoms with Crippen LogP contribution in [0.5, 0.6) is 5.75 Å². The fraction of sp³-hybridized carbons (Fsp3) is 0.650. The van der Waals surface area contributed by atoms with Crippen LogP contribution < -0.4 is 15.8 Å². The van der Waals surface area contributed by atoms with Gasteiger partial charge in [0.05, 0.1) is 18.7 Å². The van der Waals surface area contributed by atoms with Gasteiger partial charge in [-0.25, -0.2) is 0 Å². The molecular formula is C20H31N3O3. The summed E-state index contributed by atoms with van der Waals surface area (Å²) < 4.78 is 10.9. The third-order valence-corrected chi connectivity index (χ3v) is 5.62. The van der Waals surface area contributed by atoms with Gasteiger partial charge in [0.2, 0.25) is 5.91 Å². The fourth-order valence-corrected chi connectivity index (χ4v) is 3.94. The van der Waals surface area contributed by atoms with E-state index in [1.165, 1.54) is 19.3 Å². The lowest BCUT2D eigenvalue weighted by atomic mass is 9.90. The first-order chi connectivity index (χ1) is 12.6. The minimum atomic E-state index is -0.814. The number of hydrogen-bond donors (Lipinski definition) is 2. The predicted octanol–water partition coefficient (Wildman–Crippen LogP) is 1.85. The Hall–Kier alpha value is -1.63. The van der Waals surface area contributed by atoms with E-state index >= 15 is 0 Å². The van der Waals surface area contributed by atoms with Crippen LogP contribution in [0.1, 0.15) is 43.7 Å². The molecule has 6 heteroatoms. The van der Waals surface area contributed by atoms with Crippen molar-refractivity contribution in [2.75, 3.05) is 40.0 Å². The van der Waals surface area contributed by atoms with Crippen LogP contribution in [0.4, 0.5) is 0 Å². The Bertz CT molecular complexity index is 596. The van der Waals surface area contributed by atoms with E-state index in [4.69, 9.17) is 15.2 Å². The van der Waals surface area contributed by atoms with Crippen LogP contribution in [0.2, 0.25) is 0 Å². The quantitative estimate of drug-likeness (QED) is 0.809. The Morgan fingerprint density at radius 1 is 1.27 bits per heavy atom. The van der Waals surface area contributed by atoms with Crippen molar-refractivity contribution in [3.8, 4) is 5.75 Å². The van der Waals surface area contributed by atoms with Gasteiger partial charge in [-0.1, -0.05) is 24.6 Å². The molecular weight excluding hydrogens is 330 g/mol. The lowest BCUT2D eigenvalue weighted by molar-refractivity contribution is -0.130. The summed E-state index contributed by atoms with van der Waals surface area (Å²) in [6.07, 6.45) is 4.80. The molecule has 3 rings (SSSR count). The summed E-state index contributed by atoms with van der Waals surface area (Å²) >= 11 is 0. The van der Waals surface area contributed by atoms with Crippen molar-refractivity contribution in [3.63, 3.8) is 0 Å². The van der Waals surface area contributed by atoms with Crippen LogP contribution in [0, 0.1) is 0 Å². The lowest BCUT2D eigenvalue weighted by Gasteiger charge is -2.37. The summed E-state index contributed by atoms with van der Waals surface area (Å²) in [6.45, 7) is 3.72. The van der Waals surface area contributed by atoms with Gasteiger partial charge < -0.3 is 20.5 Å². The Morgan fingerprint density at radius 3 is 2.65 bits per heavy atom. The molecule has 6 nitrogen and oxygen atoms in total. The maximum atomic E-state index is 12.8. The number of hydrogen-bond acceptors (Lipinski definition) is 5. The van der Waals surface area contributed by atoms with E-state index in [9.17, 15) is 4.79 Å². The number of ether oxygens (including phenoxy) is 2. The van der Waals surface area contributed by atoms with Crippen LogP contribution in [0.25, 0.3) is 0 Å². The zero-order valence-corrected chi connectivity index (χ0v) is 15.7. The highest BCUT2D eigenvalue weighted by Gasteiger charge is 2.36. The molecule has 1 aromatic carbocycles. The molecule has 1 atom stereocenters. The molecule has 26 heavy (non-hydrogen) atoms. The smallest absolute Gasteiger partial charge is 0.240 e. The lowest BCUT2D eigenvalue weighted by Crippen LogP contribution is -2.57. The summed E-state index contributed by atoms with van der Waals surface area (Å²) in [5, 5.41) is 3.12. The van der Waals surface area contributed by atoms with Crippen molar-refractivity contribution in [2.24, 2.45) is 5.73 Å². The normalized spacial score (nSPS) is 21.8. The van der Waals surface area contributed by atoms with Crippen LogP contribution in [0.15, 0.2) is 24.3 Å². The van der Waals surface area contributed by atoms with E-state index in [-0.39, 0.29) is 11.9 Å². The molecule has 0 spiro atoms. The first-order valence-electron chi connectivity index (χ1n) is 9.66. The predicted molar refractivity (Wildman–Crippen MR) is 101 cm³/mol. The molecule has 0 bridgehead atoms. The van der Waals surface area contributed by atoms with Gasteiger partial charge in [-0.2, -0.15) is 0 Å². The maximum absolute atomic E-state index is 12.8. The highest BCUT2D eigenvalue weighted by atomic mass is 16.5. The van der Waals surface area contributed by atoms with E-state index in [1.807, 2.05) is 18.2 Å². The molecule has 1 unspecified atom stereocenters. The second-order valence-corrected chi connectivity index (χ2v) is 7.33. The second-order valence-electron chi connectivity index (χ2n) is 7.33. The van der Waals surface area contributed by atoms with Gasteiger partial charge in [0.15, 0.2) is 0 Å². The number of carbonyl (C=O) groups is 1. The van der Waals surface area contributed by atoms with Crippen molar-refractivity contribution in [1.29, 1.82) is 0 Å². The third-order valence-electron chi connectivity index (χ3n) is 5.62. The first-order valence-corrected chi connectivity index (χ1v) is 9.66. The van der Waals surface area contributed by atoms with Gasteiger partial charge in [-0.3, -0.25) is 9.69 Å². The molecule has 0 aliphatic carbocycles. The number of nitrogens with one attached hydrogen (secondary N) is 1. The number of nitrogens with zero attached hydrogens (tertiary/aromatic N) is 1. The SMILES string of the molecule is COc1ccccc1C(CNC(=O)C1(N)CCOCC1)N1CCCCC1. The number of carbonyl (C=O) groups excluding carboxylic acids is 1. The number of rotatable bonds is 6. The minimum Gasteiger partial charge on any atom is -0.496 e. The van der Waals surface area contributed by atoms with Gasteiger partial charge in [0.1, 0.15) is 5.75 Å². The van der Waals surface area contributed by atoms with Crippen LogP contribution in [0.3, 0.4) is 0 Å². The van der Waals surface area contributed by atoms with Crippen molar-refractivity contribution < 1.29 is 14.3 Å². The van der Waals surface area contributed by atoms with E-state index in [2.05, 4.69) is 16.3 Å². The summed E-state index contributed by atoms with van der Waals surface area (Å²) in [5.74, 6) is 0.795. The van der Waals surface area contributed by atoms with Crippen molar-refractivity contribution >= 4 is 5.91 Å². The van der Waals surface area contributed by atoms with Gasteiger partial charge >= 0.3 is 0 Å². The number of amides is 1. The molecule has 2 heterocycles. The van der Waals surface area contributed by atoms with Crippen LogP contribution >= 0.6 is 0 Å². The molecule has 0 saturated carbocycles. The average Bonchev–Trinajstić information content (AvgIpc) is 2.69. The number of para-hydroxylation sites is 1. The Kier molecular flexibility index (Phi) is 6.51. The van der Waals surface area contributed by atoms with Crippen molar-refractivity contribution in [2.45, 2.75) is 43.7 Å². The summed E-state index contributed by atoms with van der Waals surface area (Å²) in [6, 6.07) is 8.18. The van der Waals surface area contributed by atoms with Gasteiger partial charge in [0.25, 0.3) is 0 Å². The number of nitrogens with two attached hydrogens (primary N) is 1. The highest BCUT2D eigenvalue weighted by molar-refractivity contribution is 5.86. The molecule has 1 amide bonds.